The summed E-state index contributed by atoms with van der Waals surface area (Å²) >= 11 is 5.19. The van der Waals surface area contributed by atoms with E-state index < -0.39 is 0 Å². The molecule has 0 aliphatic heterocycles. The maximum absolute atomic E-state index is 5.19. The van der Waals surface area contributed by atoms with E-state index in [0.29, 0.717) is 0 Å². The zero-order valence-corrected chi connectivity index (χ0v) is 12.1. The third kappa shape index (κ3) is 11.8. The molecule has 0 aromatic rings. The Morgan fingerprint density at radius 1 is 0.875 bits per heavy atom. The van der Waals surface area contributed by atoms with Gasteiger partial charge in [-0.05, 0) is 49.7 Å². The Bertz CT molecular complexity index is 161. The first kappa shape index (κ1) is 15.7. The van der Waals surface area contributed by atoms with Gasteiger partial charge in [0.15, 0.2) is 5.11 Å². The van der Waals surface area contributed by atoms with Gasteiger partial charge in [0.25, 0.3) is 0 Å². The van der Waals surface area contributed by atoms with E-state index in [4.69, 9.17) is 12.2 Å². The van der Waals surface area contributed by atoms with Crippen molar-refractivity contribution in [2.45, 2.75) is 53.4 Å². The SMILES string of the molecule is CC(C)CCCNC(=S)NCCCC(C)C. The average molecular weight is 244 g/mol. The van der Waals surface area contributed by atoms with E-state index in [0.717, 1.165) is 30.0 Å². The largest absolute Gasteiger partial charge is 0.363 e. The smallest absolute Gasteiger partial charge is 0.166 e. The molecule has 0 aliphatic carbocycles. The minimum Gasteiger partial charge on any atom is -0.363 e. The van der Waals surface area contributed by atoms with E-state index in [1.54, 1.807) is 0 Å². The highest BCUT2D eigenvalue weighted by Gasteiger charge is 1.97. The number of thiocarbonyl (C=S) groups is 1. The maximum Gasteiger partial charge on any atom is 0.166 e. The van der Waals surface area contributed by atoms with E-state index in [9.17, 15) is 0 Å². The molecule has 0 spiro atoms. The van der Waals surface area contributed by atoms with Crippen molar-refractivity contribution in [2.24, 2.45) is 11.8 Å². The van der Waals surface area contributed by atoms with Crippen LogP contribution in [0.3, 0.4) is 0 Å². The van der Waals surface area contributed by atoms with E-state index in [-0.39, 0.29) is 0 Å². The number of nitrogens with one attached hydrogen (secondary N) is 2. The Labute approximate surface area is 107 Å². The second kappa shape index (κ2) is 9.88. The van der Waals surface area contributed by atoms with Gasteiger partial charge >= 0.3 is 0 Å². The Morgan fingerprint density at radius 3 is 1.56 bits per heavy atom. The summed E-state index contributed by atoms with van der Waals surface area (Å²) in [6, 6.07) is 0. The minimum absolute atomic E-state index is 0.786. The predicted molar refractivity (Wildman–Crippen MR) is 76.7 cm³/mol. The maximum atomic E-state index is 5.19. The van der Waals surface area contributed by atoms with Crippen molar-refractivity contribution >= 4 is 17.3 Å². The highest BCUT2D eigenvalue weighted by Crippen LogP contribution is 2.02. The van der Waals surface area contributed by atoms with Crippen LogP contribution in [0, 0.1) is 11.8 Å². The van der Waals surface area contributed by atoms with Gasteiger partial charge in [-0.15, -0.1) is 0 Å². The first-order valence-corrected chi connectivity index (χ1v) is 6.95. The van der Waals surface area contributed by atoms with Crippen LogP contribution in [0.5, 0.6) is 0 Å². The van der Waals surface area contributed by atoms with E-state index in [2.05, 4.69) is 38.3 Å². The predicted octanol–water partition coefficient (Wildman–Crippen LogP) is 3.32. The van der Waals surface area contributed by atoms with Gasteiger partial charge in [0, 0.05) is 13.1 Å². The first-order valence-electron chi connectivity index (χ1n) is 6.54. The monoisotopic (exact) mass is 244 g/mol. The van der Waals surface area contributed by atoms with Gasteiger partial charge in [0.1, 0.15) is 0 Å². The van der Waals surface area contributed by atoms with Crippen LogP contribution < -0.4 is 10.6 Å². The molecule has 0 saturated heterocycles. The fourth-order valence-electron chi connectivity index (χ4n) is 1.49. The van der Waals surface area contributed by atoms with Gasteiger partial charge in [-0.25, -0.2) is 0 Å². The van der Waals surface area contributed by atoms with E-state index in [1.165, 1.54) is 25.7 Å². The molecule has 0 atom stereocenters. The van der Waals surface area contributed by atoms with Gasteiger partial charge in [0.2, 0.25) is 0 Å². The van der Waals surface area contributed by atoms with Crippen LogP contribution in [-0.2, 0) is 0 Å². The molecule has 3 heteroatoms. The molecule has 0 aromatic carbocycles. The molecule has 0 rings (SSSR count). The molecule has 0 unspecified atom stereocenters. The molecular formula is C13H28N2S. The summed E-state index contributed by atoms with van der Waals surface area (Å²) in [6.07, 6.45) is 4.93. The van der Waals surface area contributed by atoms with Crippen LogP contribution in [0.25, 0.3) is 0 Å². The molecule has 16 heavy (non-hydrogen) atoms. The number of hydrogen-bond donors (Lipinski definition) is 2. The van der Waals surface area contributed by atoms with E-state index >= 15 is 0 Å². The van der Waals surface area contributed by atoms with Crippen molar-refractivity contribution in [3.8, 4) is 0 Å². The molecule has 0 amide bonds. The highest BCUT2D eigenvalue weighted by molar-refractivity contribution is 7.80. The highest BCUT2D eigenvalue weighted by atomic mass is 32.1. The summed E-state index contributed by atoms with van der Waals surface area (Å²) in [4.78, 5) is 0. The van der Waals surface area contributed by atoms with Crippen LogP contribution in [0.15, 0.2) is 0 Å². The molecule has 0 saturated carbocycles. The minimum atomic E-state index is 0.786. The fraction of sp³-hybridized carbons (Fsp3) is 0.923. The average Bonchev–Trinajstić information content (AvgIpc) is 2.19. The molecule has 0 aliphatic rings. The van der Waals surface area contributed by atoms with Gasteiger partial charge in [-0.2, -0.15) is 0 Å². The van der Waals surface area contributed by atoms with Crippen molar-refractivity contribution in [2.75, 3.05) is 13.1 Å². The summed E-state index contributed by atoms with van der Waals surface area (Å²) in [6.45, 7) is 11.0. The van der Waals surface area contributed by atoms with Crippen LogP contribution in [0.1, 0.15) is 53.4 Å². The zero-order chi connectivity index (χ0) is 12.4. The second-order valence-corrected chi connectivity index (χ2v) is 5.66. The summed E-state index contributed by atoms with van der Waals surface area (Å²) < 4.78 is 0. The first-order chi connectivity index (χ1) is 7.52. The standard InChI is InChI=1S/C13H28N2S/c1-11(2)7-5-9-14-13(16)15-10-6-8-12(3)4/h11-12H,5-10H2,1-4H3,(H2,14,15,16). The van der Waals surface area contributed by atoms with Crippen molar-refractivity contribution < 1.29 is 0 Å². The molecule has 0 radical (unpaired) electrons. The number of rotatable bonds is 8. The molecule has 0 fully saturated rings. The molecule has 96 valence electrons. The van der Waals surface area contributed by atoms with Gasteiger partial charge in [-0.1, -0.05) is 27.7 Å². The lowest BCUT2D eigenvalue weighted by Gasteiger charge is -2.11. The zero-order valence-electron chi connectivity index (χ0n) is 11.3. The summed E-state index contributed by atoms with van der Waals surface area (Å²) in [5.41, 5.74) is 0. The third-order valence-electron chi connectivity index (χ3n) is 2.49. The lowest BCUT2D eigenvalue weighted by Crippen LogP contribution is -2.36. The summed E-state index contributed by atoms with van der Waals surface area (Å²) in [5.74, 6) is 1.57. The molecular weight excluding hydrogens is 216 g/mol. The fourth-order valence-corrected chi connectivity index (χ4v) is 1.69. The van der Waals surface area contributed by atoms with Crippen LogP contribution in [0.2, 0.25) is 0 Å². The van der Waals surface area contributed by atoms with Crippen LogP contribution in [-0.4, -0.2) is 18.2 Å². The molecule has 0 aromatic heterocycles. The second-order valence-electron chi connectivity index (χ2n) is 5.25. The Balaban J connectivity index is 3.25. The molecule has 0 heterocycles. The molecule has 2 nitrogen and oxygen atoms in total. The van der Waals surface area contributed by atoms with Gasteiger partial charge in [0.05, 0.1) is 0 Å². The number of hydrogen-bond acceptors (Lipinski definition) is 1. The lowest BCUT2D eigenvalue weighted by molar-refractivity contribution is 0.542. The topological polar surface area (TPSA) is 24.1 Å². The Kier molecular flexibility index (Phi) is 9.69. The van der Waals surface area contributed by atoms with Gasteiger partial charge < -0.3 is 10.6 Å². The molecule has 0 bridgehead atoms. The van der Waals surface area contributed by atoms with Crippen molar-refractivity contribution in [1.29, 1.82) is 0 Å². The van der Waals surface area contributed by atoms with Crippen molar-refractivity contribution in [3.05, 3.63) is 0 Å². The summed E-state index contributed by atoms with van der Waals surface area (Å²) in [5, 5.41) is 7.31. The third-order valence-corrected chi connectivity index (χ3v) is 2.78. The quantitative estimate of drug-likeness (QED) is 0.506. The van der Waals surface area contributed by atoms with Crippen LogP contribution in [0.4, 0.5) is 0 Å². The van der Waals surface area contributed by atoms with Crippen LogP contribution >= 0.6 is 12.2 Å². The Morgan fingerprint density at radius 2 is 1.25 bits per heavy atom. The lowest BCUT2D eigenvalue weighted by atomic mass is 10.1. The molecule has 2 N–H and O–H groups in total. The van der Waals surface area contributed by atoms with E-state index in [1.807, 2.05) is 0 Å². The Hall–Kier alpha value is -0.310. The van der Waals surface area contributed by atoms with Gasteiger partial charge in [-0.3, -0.25) is 0 Å². The van der Waals surface area contributed by atoms with Crippen molar-refractivity contribution in [1.82, 2.24) is 10.6 Å². The normalized spacial score (nSPS) is 10.9. The summed E-state index contributed by atoms with van der Waals surface area (Å²) in [7, 11) is 0. The van der Waals surface area contributed by atoms with Crippen molar-refractivity contribution in [3.63, 3.8) is 0 Å².